The van der Waals surface area contributed by atoms with E-state index in [1.54, 1.807) is 6.92 Å². The molecule has 3 rings (SSSR count). The van der Waals surface area contributed by atoms with E-state index in [0.29, 0.717) is 0 Å². The van der Waals surface area contributed by atoms with Crippen LogP contribution in [0.5, 0.6) is 0 Å². The largest absolute Gasteiger partial charge is 0.372 e. The van der Waals surface area contributed by atoms with Crippen molar-refractivity contribution < 1.29 is 4.79 Å². The molecule has 0 radical (unpaired) electrons. The van der Waals surface area contributed by atoms with E-state index in [9.17, 15) is 4.79 Å². The lowest BCUT2D eigenvalue weighted by Crippen LogP contribution is -2.29. The van der Waals surface area contributed by atoms with Crippen LogP contribution in [-0.4, -0.2) is 32.0 Å². The average Bonchev–Trinajstić information content (AvgIpc) is 3.01. The Labute approximate surface area is 121 Å². The standard InChI is InChI=1S/C17H24N2O/c1-14(20)16-13-15(18-9-3-2-4-10-18)7-8-17(16)19-11-5-6-12-19/h7-8,13H,2-6,9-12H2,1H3. The molecule has 0 unspecified atom stereocenters. The average molecular weight is 272 g/mol. The number of carbonyl (C=O) groups is 1. The summed E-state index contributed by atoms with van der Waals surface area (Å²) in [5.41, 5.74) is 3.25. The van der Waals surface area contributed by atoms with Crippen molar-refractivity contribution in [2.75, 3.05) is 36.0 Å². The van der Waals surface area contributed by atoms with Crippen molar-refractivity contribution in [2.45, 2.75) is 39.0 Å². The summed E-state index contributed by atoms with van der Waals surface area (Å²) < 4.78 is 0. The van der Waals surface area contributed by atoms with Gasteiger partial charge in [0, 0.05) is 43.1 Å². The summed E-state index contributed by atoms with van der Waals surface area (Å²) in [5.74, 6) is 0.186. The Morgan fingerprint density at radius 1 is 0.900 bits per heavy atom. The van der Waals surface area contributed by atoms with E-state index in [2.05, 4.69) is 28.0 Å². The van der Waals surface area contributed by atoms with E-state index < -0.39 is 0 Å². The van der Waals surface area contributed by atoms with Crippen LogP contribution in [0.25, 0.3) is 0 Å². The summed E-state index contributed by atoms with van der Waals surface area (Å²) in [4.78, 5) is 16.8. The lowest BCUT2D eigenvalue weighted by Gasteiger charge is -2.30. The molecule has 1 aromatic carbocycles. The highest BCUT2D eigenvalue weighted by atomic mass is 16.1. The van der Waals surface area contributed by atoms with Gasteiger partial charge in [0.15, 0.2) is 5.78 Å². The Kier molecular flexibility index (Phi) is 3.95. The molecular weight excluding hydrogens is 248 g/mol. The van der Waals surface area contributed by atoms with Crippen LogP contribution in [0, 0.1) is 0 Å². The minimum atomic E-state index is 0.186. The fourth-order valence-electron chi connectivity index (χ4n) is 3.39. The van der Waals surface area contributed by atoms with Crippen molar-refractivity contribution in [2.24, 2.45) is 0 Å². The number of benzene rings is 1. The number of hydrogen-bond acceptors (Lipinski definition) is 3. The summed E-state index contributed by atoms with van der Waals surface area (Å²) in [6, 6.07) is 6.47. The van der Waals surface area contributed by atoms with Crippen LogP contribution in [0.4, 0.5) is 11.4 Å². The molecule has 0 spiro atoms. The topological polar surface area (TPSA) is 23.6 Å². The van der Waals surface area contributed by atoms with Crippen molar-refractivity contribution in [3.05, 3.63) is 23.8 Å². The maximum atomic E-state index is 12.0. The molecule has 3 heteroatoms. The van der Waals surface area contributed by atoms with Gasteiger partial charge < -0.3 is 9.80 Å². The number of carbonyl (C=O) groups excluding carboxylic acids is 1. The fourth-order valence-corrected chi connectivity index (χ4v) is 3.39. The van der Waals surface area contributed by atoms with E-state index in [1.165, 1.54) is 37.8 Å². The fraction of sp³-hybridized carbons (Fsp3) is 0.588. The first-order valence-electron chi connectivity index (χ1n) is 7.90. The highest BCUT2D eigenvalue weighted by Gasteiger charge is 2.20. The van der Waals surface area contributed by atoms with Gasteiger partial charge >= 0.3 is 0 Å². The third-order valence-corrected chi connectivity index (χ3v) is 4.53. The summed E-state index contributed by atoms with van der Waals surface area (Å²) in [5, 5.41) is 0. The Balaban J connectivity index is 1.90. The second-order valence-corrected chi connectivity index (χ2v) is 6.00. The first-order valence-corrected chi connectivity index (χ1v) is 7.90. The van der Waals surface area contributed by atoms with Crippen molar-refractivity contribution in [3.63, 3.8) is 0 Å². The molecule has 0 N–H and O–H groups in total. The minimum absolute atomic E-state index is 0.186. The van der Waals surface area contributed by atoms with E-state index in [-0.39, 0.29) is 5.78 Å². The van der Waals surface area contributed by atoms with E-state index in [4.69, 9.17) is 0 Å². The third kappa shape index (κ3) is 2.67. The lowest BCUT2D eigenvalue weighted by molar-refractivity contribution is 0.101. The van der Waals surface area contributed by atoms with Gasteiger partial charge in [0.2, 0.25) is 0 Å². The van der Waals surface area contributed by atoms with Crippen LogP contribution in [0.3, 0.4) is 0 Å². The van der Waals surface area contributed by atoms with Crippen LogP contribution in [-0.2, 0) is 0 Å². The number of piperidine rings is 1. The first kappa shape index (κ1) is 13.5. The molecule has 2 heterocycles. The Morgan fingerprint density at radius 3 is 2.15 bits per heavy atom. The van der Waals surface area contributed by atoms with Gasteiger partial charge in [-0.25, -0.2) is 0 Å². The zero-order chi connectivity index (χ0) is 13.9. The molecule has 0 aromatic heterocycles. The quantitative estimate of drug-likeness (QED) is 0.787. The van der Waals surface area contributed by atoms with Crippen LogP contribution < -0.4 is 9.80 Å². The highest BCUT2D eigenvalue weighted by Crippen LogP contribution is 2.30. The van der Waals surface area contributed by atoms with Crippen molar-refractivity contribution in [1.29, 1.82) is 0 Å². The lowest BCUT2D eigenvalue weighted by atomic mass is 10.0. The van der Waals surface area contributed by atoms with Gasteiger partial charge in [0.25, 0.3) is 0 Å². The van der Waals surface area contributed by atoms with Crippen LogP contribution in [0.1, 0.15) is 49.4 Å². The maximum Gasteiger partial charge on any atom is 0.161 e. The predicted octanol–water partition coefficient (Wildman–Crippen LogP) is 3.48. The molecule has 20 heavy (non-hydrogen) atoms. The summed E-state index contributed by atoms with van der Waals surface area (Å²) in [7, 11) is 0. The second kappa shape index (κ2) is 5.86. The van der Waals surface area contributed by atoms with Crippen molar-refractivity contribution in [3.8, 4) is 0 Å². The molecule has 3 nitrogen and oxygen atoms in total. The van der Waals surface area contributed by atoms with Gasteiger partial charge in [-0.15, -0.1) is 0 Å². The number of Topliss-reactive ketones (excluding diaryl/α,β-unsaturated/α-hetero) is 1. The van der Waals surface area contributed by atoms with E-state index >= 15 is 0 Å². The predicted molar refractivity (Wildman–Crippen MR) is 84.0 cm³/mol. The van der Waals surface area contributed by atoms with Crippen molar-refractivity contribution in [1.82, 2.24) is 0 Å². The Morgan fingerprint density at radius 2 is 1.50 bits per heavy atom. The molecule has 0 bridgehead atoms. The number of rotatable bonds is 3. The van der Waals surface area contributed by atoms with Crippen LogP contribution >= 0.6 is 0 Å². The number of hydrogen-bond donors (Lipinski definition) is 0. The first-order chi connectivity index (χ1) is 9.75. The molecule has 2 fully saturated rings. The third-order valence-electron chi connectivity index (χ3n) is 4.53. The molecule has 2 aliphatic heterocycles. The molecule has 2 saturated heterocycles. The van der Waals surface area contributed by atoms with E-state index in [0.717, 1.165) is 37.4 Å². The van der Waals surface area contributed by atoms with Gasteiger partial charge in [-0.05, 0) is 57.2 Å². The van der Waals surface area contributed by atoms with Crippen LogP contribution in [0.2, 0.25) is 0 Å². The smallest absolute Gasteiger partial charge is 0.161 e. The Bertz CT molecular complexity index is 486. The van der Waals surface area contributed by atoms with Gasteiger partial charge in [-0.3, -0.25) is 4.79 Å². The number of nitrogens with zero attached hydrogens (tertiary/aromatic N) is 2. The monoisotopic (exact) mass is 272 g/mol. The summed E-state index contributed by atoms with van der Waals surface area (Å²) in [6.07, 6.45) is 6.35. The molecule has 2 aliphatic rings. The van der Waals surface area contributed by atoms with Crippen molar-refractivity contribution >= 4 is 17.2 Å². The highest BCUT2D eigenvalue weighted by molar-refractivity contribution is 6.00. The molecule has 0 amide bonds. The molecule has 108 valence electrons. The number of ketones is 1. The van der Waals surface area contributed by atoms with Gasteiger partial charge in [0.05, 0.1) is 0 Å². The van der Waals surface area contributed by atoms with Crippen LogP contribution in [0.15, 0.2) is 18.2 Å². The molecule has 0 atom stereocenters. The van der Waals surface area contributed by atoms with E-state index in [1.807, 2.05) is 0 Å². The van der Waals surface area contributed by atoms with Gasteiger partial charge in [-0.1, -0.05) is 0 Å². The summed E-state index contributed by atoms with van der Waals surface area (Å²) in [6.45, 7) is 6.11. The summed E-state index contributed by atoms with van der Waals surface area (Å²) >= 11 is 0. The SMILES string of the molecule is CC(=O)c1cc(N2CCCCC2)ccc1N1CCCC1. The molecule has 1 aromatic rings. The molecule has 0 aliphatic carbocycles. The number of anilines is 2. The maximum absolute atomic E-state index is 12.0. The zero-order valence-electron chi connectivity index (χ0n) is 12.4. The normalized spacial score (nSPS) is 19.4. The Hall–Kier alpha value is -1.51. The molecular formula is C17H24N2O. The van der Waals surface area contributed by atoms with Gasteiger partial charge in [0.1, 0.15) is 0 Å². The zero-order valence-corrected chi connectivity index (χ0v) is 12.4. The second-order valence-electron chi connectivity index (χ2n) is 6.00. The van der Waals surface area contributed by atoms with Gasteiger partial charge in [-0.2, -0.15) is 0 Å². The minimum Gasteiger partial charge on any atom is -0.372 e. The molecule has 0 saturated carbocycles.